The zero-order valence-electron chi connectivity index (χ0n) is 13.8. The van der Waals surface area contributed by atoms with Crippen molar-refractivity contribution in [2.75, 3.05) is 6.54 Å². The van der Waals surface area contributed by atoms with Gasteiger partial charge in [0.2, 0.25) is 5.91 Å². The number of hydrogen-bond acceptors (Lipinski definition) is 2. The summed E-state index contributed by atoms with van der Waals surface area (Å²) in [5, 5.41) is 12.3. The molecule has 0 aliphatic heterocycles. The zero-order chi connectivity index (χ0) is 18.4. The lowest BCUT2D eigenvalue weighted by atomic mass is 9.78. The molecule has 4 nitrogen and oxygen atoms in total. The van der Waals surface area contributed by atoms with Crippen molar-refractivity contribution in [2.45, 2.75) is 25.2 Å². The molecule has 25 heavy (non-hydrogen) atoms. The van der Waals surface area contributed by atoms with E-state index in [9.17, 15) is 23.5 Å². The number of hydrogen-bond donors (Lipinski definition) is 2. The van der Waals surface area contributed by atoms with Gasteiger partial charge in [0.1, 0.15) is 5.41 Å². The SMILES string of the molecule is CCC(CNC(=O)Cc1ccc(F)c(F)c1)(C(=O)O)c1ccccc1. The third-order valence-corrected chi connectivity index (χ3v) is 4.28. The minimum Gasteiger partial charge on any atom is -0.481 e. The Balaban J connectivity index is 2.11. The second kappa shape index (κ2) is 7.88. The number of benzene rings is 2. The Morgan fingerprint density at radius 3 is 2.32 bits per heavy atom. The fourth-order valence-electron chi connectivity index (χ4n) is 2.69. The van der Waals surface area contributed by atoms with Gasteiger partial charge in [0.05, 0.1) is 6.42 Å². The molecule has 2 aromatic rings. The summed E-state index contributed by atoms with van der Waals surface area (Å²) >= 11 is 0. The van der Waals surface area contributed by atoms with Crippen LogP contribution in [0.15, 0.2) is 48.5 Å². The van der Waals surface area contributed by atoms with E-state index in [1.807, 2.05) is 0 Å². The molecule has 6 heteroatoms. The van der Waals surface area contributed by atoms with Gasteiger partial charge in [-0.1, -0.05) is 43.3 Å². The highest BCUT2D eigenvalue weighted by molar-refractivity contribution is 5.84. The van der Waals surface area contributed by atoms with Gasteiger partial charge in [-0.05, 0) is 29.7 Å². The summed E-state index contributed by atoms with van der Waals surface area (Å²) in [5.74, 6) is -3.50. The second-order valence-corrected chi connectivity index (χ2v) is 5.81. The number of aliphatic carboxylic acids is 1. The summed E-state index contributed by atoms with van der Waals surface area (Å²) in [5.41, 5.74) is -0.336. The summed E-state index contributed by atoms with van der Waals surface area (Å²) in [4.78, 5) is 24.0. The summed E-state index contributed by atoms with van der Waals surface area (Å²) < 4.78 is 26.1. The number of carbonyl (C=O) groups is 2. The van der Waals surface area contributed by atoms with Gasteiger partial charge in [-0.15, -0.1) is 0 Å². The number of carbonyl (C=O) groups excluding carboxylic acids is 1. The molecule has 2 N–H and O–H groups in total. The number of halogens is 2. The monoisotopic (exact) mass is 347 g/mol. The van der Waals surface area contributed by atoms with Crippen LogP contribution in [0.5, 0.6) is 0 Å². The quantitative estimate of drug-likeness (QED) is 0.809. The third kappa shape index (κ3) is 4.21. The Hall–Kier alpha value is -2.76. The highest BCUT2D eigenvalue weighted by atomic mass is 19.2. The van der Waals surface area contributed by atoms with Gasteiger partial charge in [-0.2, -0.15) is 0 Å². The van der Waals surface area contributed by atoms with Gasteiger partial charge in [0.15, 0.2) is 11.6 Å². The number of nitrogens with one attached hydrogen (secondary N) is 1. The number of carboxylic acid groups (broad SMARTS) is 1. The van der Waals surface area contributed by atoms with Crippen molar-refractivity contribution in [3.8, 4) is 0 Å². The molecule has 0 aromatic heterocycles. The van der Waals surface area contributed by atoms with E-state index in [0.29, 0.717) is 11.1 Å². The van der Waals surface area contributed by atoms with Crippen LogP contribution in [0.2, 0.25) is 0 Å². The number of amides is 1. The van der Waals surface area contributed by atoms with Crippen molar-refractivity contribution in [1.82, 2.24) is 5.32 Å². The van der Waals surface area contributed by atoms with Crippen molar-refractivity contribution < 1.29 is 23.5 Å². The van der Waals surface area contributed by atoms with Gasteiger partial charge in [0.25, 0.3) is 0 Å². The highest BCUT2D eigenvalue weighted by Crippen LogP contribution is 2.27. The summed E-state index contributed by atoms with van der Waals surface area (Å²) in [6, 6.07) is 11.9. The molecule has 2 rings (SSSR count). The maximum Gasteiger partial charge on any atom is 0.315 e. The molecule has 1 atom stereocenters. The Morgan fingerprint density at radius 2 is 1.76 bits per heavy atom. The average Bonchev–Trinajstić information content (AvgIpc) is 2.60. The van der Waals surface area contributed by atoms with Gasteiger partial charge < -0.3 is 10.4 Å². The first-order chi connectivity index (χ1) is 11.9. The molecule has 0 spiro atoms. The van der Waals surface area contributed by atoms with Crippen molar-refractivity contribution in [1.29, 1.82) is 0 Å². The summed E-state index contributed by atoms with van der Waals surface area (Å²) in [6.45, 7) is 1.65. The Labute approximate surface area is 144 Å². The van der Waals surface area contributed by atoms with E-state index >= 15 is 0 Å². The van der Waals surface area contributed by atoms with E-state index in [4.69, 9.17) is 0 Å². The Kier molecular flexibility index (Phi) is 5.85. The minimum atomic E-state index is -1.25. The van der Waals surface area contributed by atoms with Gasteiger partial charge >= 0.3 is 5.97 Å². The Morgan fingerprint density at radius 1 is 1.08 bits per heavy atom. The molecule has 1 unspecified atom stereocenters. The molecule has 0 heterocycles. The van der Waals surface area contributed by atoms with Gasteiger partial charge in [0, 0.05) is 6.54 Å². The predicted molar refractivity (Wildman–Crippen MR) is 89.1 cm³/mol. The first-order valence-electron chi connectivity index (χ1n) is 7.88. The summed E-state index contributed by atoms with van der Waals surface area (Å²) in [7, 11) is 0. The zero-order valence-corrected chi connectivity index (χ0v) is 13.8. The van der Waals surface area contributed by atoms with Crippen molar-refractivity contribution >= 4 is 11.9 Å². The van der Waals surface area contributed by atoms with Crippen molar-refractivity contribution in [3.05, 3.63) is 71.3 Å². The molecular weight excluding hydrogens is 328 g/mol. The van der Waals surface area contributed by atoms with E-state index in [1.165, 1.54) is 6.07 Å². The lowest BCUT2D eigenvalue weighted by Crippen LogP contribution is -2.46. The molecule has 0 saturated heterocycles. The molecule has 2 aromatic carbocycles. The van der Waals surface area contributed by atoms with Crippen LogP contribution in [0.1, 0.15) is 24.5 Å². The van der Waals surface area contributed by atoms with E-state index in [2.05, 4.69) is 5.32 Å². The third-order valence-electron chi connectivity index (χ3n) is 4.28. The summed E-state index contributed by atoms with van der Waals surface area (Å²) in [6.07, 6.45) is 0.128. The minimum absolute atomic E-state index is 0.0919. The Bertz CT molecular complexity index is 765. The molecule has 132 valence electrons. The fraction of sp³-hybridized carbons (Fsp3) is 0.263. The van der Waals surface area contributed by atoms with Gasteiger partial charge in [-0.3, -0.25) is 9.59 Å². The normalized spacial score (nSPS) is 13.1. The van der Waals surface area contributed by atoms with E-state index in [0.717, 1.165) is 12.1 Å². The lowest BCUT2D eigenvalue weighted by Gasteiger charge is -2.29. The van der Waals surface area contributed by atoms with E-state index in [1.54, 1.807) is 37.3 Å². The van der Waals surface area contributed by atoms with Crippen LogP contribution < -0.4 is 5.32 Å². The highest BCUT2D eigenvalue weighted by Gasteiger charge is 2.38. The average molecular weight is 347 g/mol. The lowest BCUT2D eigenvalue weighted by molar-refractivity contribution is -0.144. The topological polar surface area (TPSA) is 66.4 Å². The standard InChI is InChI=1S/C19H19F2NO3/c1-2-19(18(24)25,14-6-4-3-5-7-14)12-22-17(23)11-13-8-9-15(20)16(21)10-13/h3-10H,2,11-12H2,1H3,(H,22,23)(H,24,25). The fourth-order valence-corrected chi connectivity index (χ4v) is 2.69. The molecule has 0 bridgehead atoms. The van der Waals surface area contributed by atoms with Gasteiger partial charge in [-0.25, -0.2) is 8.78 Å². The maximum absolute atomic E-state index is 13.2. The largest absolute Gasteiger partial charge is 0.481 e. The molecule has 0 radical (unpaired) electrons. The maximum atomic E-state index is 13.2. The molecule has 0 fully saturated rings. The predicted octanol–water partition coefficient (Wildman–Crippen LogP) is 3.06. The molecule has 0 aliphatic rings. The van der Waals surface area contributed by atoms with Crippen LogP contribution in [0, 0.1) is 11.6 Å². The molecule has 1 amide bonds. The first-order valence-corrected chi connectivity index (χ1v) is 7.88. The van der Waals surface area contributed by atoms with Crippen LogP contribution in [0.25, 0.3) is 0 Å². The number of carboxylic acids is 1. The smallest absolute Gasteiger partial charge is 0.315 e. The molecule has 0 aliphatic carbocycles. The van der Waals surface area contributed by atoms with E-state index in [-0.39, 0.29) is 19.4 Å². The molecule has 0 saturated carbocycles. The van der Waals surface area contributed by atoms with Crippen LogP contribution in [-0.2, 0) is 21.4 Å². The van der Waals surface area contributed by atoms with Crippen LogP contribution in [0.4, 0.5) is 8.78 Å². The van der Waals surface area contributed by atoms with Crippen molar-refractivity contribution in [3.63, 3.8) is 0 Å². The van der Waals surface area contributed by atoms with Crippen molar-refractivity contribution in [2.24, 2.45) is 0 Å². The first kappa shape index (κ1) is 18.6. The van der Waals surface area contributed by atoms with Crippen LogP contribution in [-0.4, -0.2) is 23.5 Å². The second-order valence-electron chi connectivity index (χ2n) is 5.81. The van der Waals surface area contributed by atoms with E-state index < -0.39 is 28.9 Å². The number of rotatable bonds is 7. The van der Waals surface area contributed by atoms with Crippen LogP contribution in [0.3, 0.4) is 0 Å². The van der Waals surface area contributed by atoms with Crippen LogP contribution >= 0.6 is 0 Å². The molecular formula is C19H19F2NO3.